The molecule has 0 saturated carbocycles. The third-order valence-electron chi connectivity index (χ3n) is 4.68. The average molecular weight is 395 g/mol. The predicted octanol–water partition coefficient (Wildman–Crippen LogP) is 5.73. The summed E-state index contributed by atoms with van der Waals surface area (Å²) in [5.41, 5.74) is 3.43. The zero-order valence-corrected chi connectivity index (χ0v) is 16.1. The second-order valence-corrected chi connectivity index (χ2v) is 6.62. The minimum atomic E-state index is 0.442. The van der Waals surface area contributed by atoms with Gasteiger partial charge in [0.25, 0.3) is 0 Å². The van der Waals surface area contributed by atoms with Gasteiger partial charge >= 0.3 is 0 Å². The van der Waals surface area contributed by atoms with E-state index in [1.165, 1.54) is 0 Å². The fraction of sp³-hybridized carbons (Fsp3) is 0.0417. The summed E-state index contributed by atoms with van der Waals surface area (Å²) in [5, 5.41) is 8.34. The van der Waals surface area contributed by atoms with Crippen LogP contribution in [0.4, 0.5) is 0 Å². The molecule has 2 aromatic heterocycles. The number of benzene rings is 3. The molecule has 0 radical (unpaired) electrons. The zero-order valence-electron chi connectivity index (χ0n) is 16.1. The fourth-order valence-electron chi connectivity index (χ4n) is 3.12. The van der Waals surface area contributed by atoms with Crippen molar-refractivity contribution in [1.29, 1.82) is 0 Å². The fourth-order valence-corrected chi connectivity index (χ4v) is 3.12. The van der Waals surface area contributed by atoms with Crippen molar-refractivity contribution < 1.29 is 13.6 Å². The molecular weight excluding hydrogens is 378 g/mol. The first-order chi connectivity index (χ1) is 14.8. The van der Waals surface area contributed by atoms with Crippen molar-refractivity contribution in [3.8, 4) is 51.4 Å². The summed E-state index contributed by atoms with van der Waals surface area (Å²) in [7, 11) is 1.64. The van der Waals surface area contributed by atoms with Crippen LogP contribution in [0.15, 0.2) is 93.9 Å². The standard InChI is InChI=1S/C24H17N3O3/c1-28-20-12-10-16(11-13-20)21-15-25-22(29-21)18-8-5-9-19(14-18)24-27-26-23(30-24)17-6-3-2-4-7-17/h2-15H,1H3. The van der Waals surface area contributed by atoms with Gasteiger partial charge in [0.05, 0.1) is 13.3 Å². The van der Waals surface area contributed by atoms with E-state index in [2.05, 4.69) is 15.2 Å². The summed E-state index contributed by atoms with van der Waals surface area (Å²) >= 11 is 0. The Balaban J connectivity index is 1.43. The monoisotopic (exact) mass is 395 g/mol. The van der Waals surface area contributed by atoms with Crippen molar-refractivity contribution in [3.63, 3.8) is 0 Å². The average Bonchev–Trinajstić information content (AvgIpc) is 3.50. The maximum Gasteiger partial charge on any atom is 0.248 e. The Bertz CT molecular complexity index is 1270. The van der Waals surface area contributed by atoms with Crippen molar-refractivity contribution in [2.45, 2.75) is 0 Å². The van der Waals surface area contributed by atoms with Crippen LogP contribution in [0.5, 0.6) is 5.75 Å². The maximum atomic E-state index is 5.98. The molecule has 0 bridgehead atoms. The van der Waals surface area contributed by atoms with Crippen LogP contribution >= 0.6 is 0 Å². The lowest BCUT2D eigenvalue weighted by molar-refractivity contribution is 0.415. The van der Waals surface area contributed by atoms with Crippen LogP contribution in [0.3, 0.4) is 0 Å². The van der Waals surface area contributed by atoms with E-state index in [-0.39, 0.29) is 0 Å². The van der Waals surface area contributed by atoms with Crippen molar-refractivity contribution in [2.75, 3.05) is 7.11 Å². The molecule has 146 valence electrons. The van der Waals surface area contributed by atoms with Gasteiger partial charge in [-0.1, -0.05) is 24.3 Å². The Labute approximate surface area is 172 Å². The summed E-state index contributed by atoms with van der Waals surface area (Å²) in [6.45, 7) is 0. The summed E-state index contributed by atoms with van der Waals surface area (Å²) < 4.78 is 17.0. The second kappa shape index (κ2) is 7.67. The number of nitrogens with zero attached hydrogens (tertiary/aromatic N) is 3. The van der Waals surface area contributed by atoms with Crippen molar-refractivity contribution in [1.82, 2.24) is 15.2 Å². The second-order valence-electron chi connectivity index (χ2n) is 6.62. The van der Waals surface area contributed by atoms with E-state index < -0.39 is 0 Å². The molecule has 30 heavy (non-hydrogen) atoms. The molecule has 0 saturated heterocycles. The smallest absolute Gasteiger partial charge is 0.248 e. The van der Waals surface area contributed by atoms with Crippen LogP contribution in [-0.4, -0.2) is 22.3 Å². The molecule has 3 aromatic carbocycles. The Morgan fingerprint density at radius 3 is 2.03 bits per heavy atom. The molecule has 0 fully saturated rings. The van der Waals surface area contributed by atoms with E-state index in [1.54, 1.807) is 13.3 Å². The summed E-state index contributed by atoms with van der Waals surface area (Å²) in [5.74, 6) is 2.92. The minimum Gasteiger partial charge on any atom is -0.497 e. The number of aromatic nitrogens is 3. The van der Waals surface area contributed by atoms with Gasteiger partial charge in [-0.05, 0) is 54.6 Å². The van der Waals surface area contributed by atoms with Gasteiger partial charge in [-0.2, -0.15) is 0 Å². The predicted molar refractivity (Wildman–Crippen MR) is 113 cm³/mol. The minimum absolute atomic E-state index is 0.442. The van der Waals surface area contributed by atoms with E-state index in [0.717, 1.165) is 28.0 Å². The summed E-state index contributed by atoms with van der Waals surface area (Å²) in [6.07, 6.45) is 1.71. The number of ether oxygens (including phenoxy) is 1. The van der Waals surface area contributed by atoms with Gasteiger partial charge in [0.15, 0.2) is 5.76 Å². The third-order valence-corrected chi connectivity index (χ3v) is 4.68. The van der Waals surface area contributed by atoms with Gasteiger partial charge in [-0.25, -0.2) is 4.98 Å². The molecule has 2 heterocycles. The van der Waals surface area contributed by atoms with Crippen molar-refractivity contribution in [3.05, 3.63) is 85.1 Å². The molecule has 0 atom stereocenters. The van der Waals surface area contributed by atoms with Crippen LogP contribution in [0, 0.1) is 0 Å². The quantitative estimate of drug-likeness (QED) is 0.378. The molecule has 6 heteroatoms. The SMILES string of the molecule is COc1ccc(-c2cnc(-c3cccc(-c4nnc(-c5ccccc5)o4)c3)o2)cc1. The van der Waals surface area contributed by atoms with E-state index in [9.17, 15) is 0 Å². The first-order valence-corrected chi connectivity index (χ1v) is 9.40. The topological polar surface area (TPSA) is 74.2 Å². The van der Waals surface area contributed by atoms with Crippen LogP contribution in [0.2, 0.25) is 0 Å². The Morgan fingerprint density at radius 1 is 0.633 bits per heavy atom. The lowest BCUT2D eigenvalue weighted by Crippen LogP contribution is -1.82. The van der Waals surface area contributed by atoms with Crippen LogP contribution in [0.25, 0.3) is 45.7 Å². The first-order valence-electron chi connectivity index (χ1n) is 9.40. The molecule has 5 aromatic rings. The molecule has 0 N–H and O–H groups in total. The molecule has 0 spiro atoms. The van der Waals surface area contributed by atoms with Crippen molar-refractivity contribution in [2.24, 2.45) is 0 Å². The Morgan fingerprint density at radius 2 is 1.30 bits per heavy atom. The highest BCUT2D eigenvalue weighted by Gasteiger charge is 2.13. The van der Waals surface area contributed by atoms with Gasteiger partial charge in [0.1, 0.15) is 5.75 Å². The molecule has 6 nitrogen and oxygen atoms in total. The van der Waals surface area contributed by atoms with Gasteiger partial charge < -0.3 is 13.6 Å². The molecule has 0 aliphatic carbocycles. The van der Waals surface area contributed by atoms with Gasteiger partial charge in [0, 0.05) is 22.3 Å². The van der Waals surface area contributed by atoms with E-state index in [1.807, 2.05) is 78.9 Å². The zero-order chi connectivity index (χ0) is 20.3. The van der Waals surface area contributed by atoms with Crippen LogP contribution in [-0.2, 0) is 0 Å². The van der Waals surface area contributed by atoms with Gasteiger partial charge in [0.2, 0.25) is 17.7 Å². The van der Waals surface area contributed by atoms with E-state index >= 15 is 0 Å². The summed E-state index contributed by atoms with van der Waals surface area (Å²) in [6, 6.07) is 25.0. The molecule has 0 aliphatic heterocycles. The molecule has 5 rings (SSSR count). The lowest BCUT2D eigenvalue weighted by atomic mass is 10.1. The highest BCUT2D eigenvalue weighted by Crippen LogP contribution is 2.30. The molecule has 0 unspecified atom stereocenters. The number of methoxy groups -OCH3 is 1. The Kier molecular flexibility index (Phi) is 4.57. The number of rotatable bonds is 5. The van der Waals surface area contributed by atoms with Crippen LogP contribution < -0.4 is 4.74 Å². The van der Waals surface area contributed by atoms with E-state index in [0.29, 0.717) is 23.4 Å². The molecule has 0 aliphatic rings. The summed E-state index contributed by atoms with van der Waals surface area (Å²) in [4.78, 5) is 4.43. The molecule has 0 amide bonds. The first kappa shape index (κ1) is 17.9. The normalized spacial score (nSPS) is 10.8. The largest absolute Gasteiger partial charge is 0.497 e. The highest BCUT2D eigenvalue weighted by atomic mass is 16.5. The van der Waals surface area contributed by atoms with Crippen LogP contribution in [0.1, 0.15) is 0 Å². The Hall–Kier alpha value is -4.19. The lowest BCUT2D eigenvalue weighted by Gasteiger charge is -2.01. The number of oxazole rings is 1. The maximum absolute atomic E-state index is 5.98. The highest BCUT2D eigenvalue weighted by molar-refractivity contribution is 5.67. The van der Waals surface area contributed by atoms with Gasteiger partial charge in [-0.15, -0.1) is 10.2 Å². The third kappa shape index (κ3) is 3.46. The number of hydrogen-bond donors (Lipinski definition) is 0. The molecular formula is C24H17N3O3. The van der Waals surface area contributed by atoms with E-state index in [4.69, 9.17) is 13.6 Å². The number of hydrogen-bond acceptors (Lipinski definition) is 6. The van der Waals surface area contributed by atoms with Gasteiger partial charge in [-0.3, -0.25) is 0 Å². The van der Waals surface area contributed by atoms with Crippen molar-refractivity contribution >= 4 is 0 Å².